The maximum absolute atomic E-state index is 4.86. The van der Waals surface area contributed by atoms with Gasteiger partial charge in [0.15, 0.2) is 0 Å². The highest BCUT2D eigenvalue weighted by molar-refractivity contribution is 9.10. The second kappa shape index (κ2) is 8.77. The molecule has 0 unspecified atom stereocenters. The monoisotopic (exact) mass is 500 g/mol. The number of fused-ring (bicyclic) bond motifs is 1. The molecule has 0 amide bonds. The second-order valence-electron chi connectivity index (χ2n) is 8.22. The maximum Gasteiger partial charge on any atom is 0.138 e. The molecule has 162 valence electrons. The van der Waals surface area contributed by atoms with Gasteiger partial charge in [-0.2, -0.15) is 0 Å². The zero-order chi connectivity index (χ0) is 22.9. The first-order chi connectivity index (χ1) is 16.8. The van der Waals surface area contributed by atoms with Gasteiger partial charge in [-0.05, 0) is 46.5 Å². The molecule has 4 aromatic carbocycles. The van der Waals surface area contributed by atoms with Crippen LogP contribution in [0.25, 0.3) is 50.2 Å². The molecule has 0 atom stereocenters. The summed E-state index contributed by atoms with van der Waals surface area (Å²) in [7, 11) is 0. The lowest BCUT2D eigenvalue weighted by Crippen LogP contribution is -2.00. The highest BCUT2D eigenvalue weighted by Gasteiger charge is 2.22. The van der Waals surface area contributed by atoms with Crippen LogP contribution in [0.1, 0.15) is 0 Å². The van der Waals surface area contributed by atoms with Crippen LogP contribution in [-0.4, -0.2) is 9.55 Å². The first-order valence-electron chi connectivity index (χ1n) is 11.3. The number of rotatable bonds is 4. The molecule has 0 spiro atoms. The topological polar surface area (TPSA) is 17.8 Å². The van der Waals surface area contributed by atoms with Crippen LogP contribution in [0.4, 0.5) is 0 Å². The van der Waals surface area contributed by atoms with Crippen molar-refractivity contribution < 1.29 is 0 Å². The van der Waals surface area contributed by atoms with Crippen LogP contribution in [0.5, 0.6) is 0 Å². The van der Waals surface area contributed by atoms with Gasteiger partial charge >= 0.3 is 0 Å². The van der Waals surface area contributed by atoms with Crippen molar-refractivity contribution in [3.05, 3.63) is 132 Å². The van der Waals surface area contributed by atoms with Crippen molar-refractivity contribution in [2.24, 2.45) is 0 Å². The lowest BCUT2D eigenvalue weighted by molar-refractivity contribution is 1.05. The van der Waals surface area contributed by atoms with Crippen LogP contribution in [-0.2, 0) is 0 Å². The number of halogens is 1. The molecular weight excluding hydrogens is 480 g/mol. The van der Waals surface area contributed by atoms with Crippen LogP contribution in [0, 0.1) is 0 Å². The smallest absolute Gasteiger partial charge is 0.138 e. The molecule has 0 saturated carbocycles. The third kappa shape index (κ3) is 3.64. The normalized spacial score (nSPS) is 11.1. The fourth-order valence-corrected chi connectivity index (χ4v) is 4.97. The van der Waals surface area contributed by atoms with E-state index in [2.05, 4.69) is 136 Å². The molecule has 2 aromatic heterocycles. The Hall–Kier alpha value is -3.95. The van der Waals surface area contributed by atoms with Crippen molar-refractivity contribution in [3.8, 4) is 39.3 Å². The molecule has 0 bridgehead atoms. The maximum atomic E-state index is 4.86. The van der Waals surface area contributed by atoms with Gasteiger partial charge in [-0.15, -0.1) is 0 Å². The van der Waals surface area contributed by atoms with Crippen LogP contribution in [0.2, 0.25) is 0 Å². The zero-order valence-electron chi connectivity index (χ0n) is 18.4. The Labute approximate surface area is 207 Å². The van der Waals surface area contributed by atoms with Crippen molar-refractivity contribution in [3.63, 3.8) is 0 Å². The van der Waals surface area contributed by atoms with E-state index >= 15 is 0 Å². The van der Waals surface area contributed by atoms with Gasteiger partial charge in [0.05, 0.1) is 11.2 Å². The fraction of sp³-hybridized carbons (Fsp3) is 0. The summed E-state index contributed by atoms with van der Waals surface area (Å²) < 4.78 is 3.33. The minimum Gasteiger partial charge on any atom is -0.293 e. The predicted octanol–water partition coefficient (Wildman–Crippen LogP) is 8.79. The molecule has 6 rings (SSSR count). The number of nitrogens with zero attached hydrogens (tertiary/aromatic N) is 2. The average Bonchev–Trinajstić information content (AvgIpc) is 3.24. The minimum absolute atomic E-state index is 0.894. The molecule has 6 aromatic rings. The first-order valence-corrected chi connectivity index (χ1v) is 12.1. The quantitative estimate of drug-likeness (QED) is 0.236. The van der Waals surface area contributed by atoms with Crippen molar-refractivity contribution in [2.75, 3.05) is 0 Å². The van der Waals surface area contributed by atoms with Gasteiger partial charge < -0.3 is 0 Å². The van der Waals surface area contributed by atoms with E-state index in [0.29, 0.717) is 0 Å². The number of aromatic nitrogens is 2. The summed E-state index contributed by atoms with van der Waals surface area (Å²) in [5.41, 5.74) is 8.12. The highest BCUT2D eigenvalue weighted by Crippen LogP contribution is 2.43. The van der Waals surface area contributed by atoms with Crippen LogP contribution < -0.4 is 0 Å². The summed E-state index contributed by atoms with van der Waals surface area (Å²) in [6.45, 7) is 0. The van der Waals surface area contributed by atoms with Crippen LogP contribution >= 0.6 is 15.9 Å². The van der Waals surface area contributed by atoms with E-state index in [1.165, 1.54) is 22.1 Å². The largest absolute Gasteiger partial charge is 0.293 e. The van der Waals surface area contributed by atoms with E-state index in [-0.39, 0.29) is 0 Å². The highest BCUT2D eigenvalue weighted by atomic mass is 79.9. The molecule has 0 fully saturated rings. The Morgan fingerprint density at radius 3 is 1.85 bits per heavy atom. The Kier molecular flexibility index (Phi) is 5.32. The summed E-state index contributed by atoms with van der Waals surface area (Å²) in [5, 5.41) is 1.19. The van der Waals surface area contributed by atoms with Gasteiger partial charge in [-0.1, -0.05) is 113 Å². The lowest BCUT2D eigenvalue weighted by atomic mass is 9.98. The molecule has 34 heavy (non-hydrogen) atoms. The Bertz CT molecular complexity index is 1590. The standard InChI is InChI=1S/C31H21BrN2/c32-26-16-17-27-28(21-26)34(29-20-25(18-19-33-29)22-10-4-1-5-11-22)31(24-14-8-3-9-15-24)30(27)23-12-6-2-7-13-23/h1-21H. The molecule has 2 nitrogen and oxygen atoms in total. The summed E-state index contributed by atoms with van der Waals surface area (Å²) in [6.07, 6.45) is 1.90. The van der Waals surface area contributed by atoms with E-state index in [0.717, 1.165) is 32.6 Å². The molecular formula is C31H21BrN2. The zero-order valence-corrected chi connectivity index (χ0v) is 20.0. The van der Waals surface area contributed by atoms with Crippen molar-refractivity contribution in [2.45, 2.75) is 0 Å². The van der Waals surface area contributed by atoms with Gasteiger partial charge in [-0.25, -0.2) is 4.98 Å². The van der Waals surface area contributed by atoms with Crippen LogP contribution in [0.3, 0.4) is 0 Å². The van der Waals surface area contributed by atoms with E-state index in [1.54, 1.807) is 0 Å². The molecule has 0 saturated heterocycles. The molecule has 0 radical (unpaired) electrons. The van der Waals surface area contributed by atoms with Gasteiger partial charge in [0.1, 0.15) is 5.82 Å². The summed E-state index contributed by atoms with van der Waals surface area (Å²) >= 11 is 3.70. The van der Waals surface area contributed by atoms with Gasteiger partial charge in [0, 0.05) is 21.6 Å². The molecule has 0 aliphatic carbocycles. The number of pyridine rings is 1. The fourth-order valence-electron chi connectivity index (χ4n) is 4.62. The number of hydrogen-bond donors (Lipinski definition) is 0. The average molecular weight is 501 g/mol. The van der Waals surface area contributed by atoms with Crippen LogP contribution in [0.15, 0.2) is 132 Å². The number of benzene rings is 4. The Morgan fingerprint density at radius 1 is 0.559 bits per heavy atom. The minimum atomic E-state index is 0.894. The first kappa shape index (κ1) is 20.6. The molecule has 0 aliphatic rings. The molecule has 2 heterocycles. The van der Waals surface area contributed by atoms with Crippen molar-refractivity contribution >= 4 is 26.8 Å². The lowest BCUT2D eigenvalue weighted by Gasteiger charge is -2.14. The van der Waals surface area contributed by atoms with Crippen molar-refractivity contribution in [1.29, 1.82) is 0 Å². The summed E-state index contributed by atoms with van der Waals surface area (Å²) in [5.74, 6) is 0.894. The third-order valence-corrected chi connectivity index (χ3v) is 6.62. The third-order valence-electron chi connectivity index (χ3n) is 6.12. The van der Waals surface area contributed by atoms with E-state index in [9.17, 15) is 0 Å². The van der Waals surface area contributed by atoms with E-state index in [4.69, 9.17) is 4.98 Å². The Morgan fingerprint density at radius 2 is 1.18 bits per heavy atom. The second-order valence-corrected chi connectivity index (χ2v) is 9.14. The van der Waals surface area contributed by atoms with E-state index in [1.807, 2.05) is 12.3 Å². The Balaban J connectivity index is 1.72. The van der Waals surface area contributed by atoms with E-state index < -0.39 is 0 Å². The molecule has 3 heteroatoms. The van der Waals surface area contributed by atoms with Gasteiger partial charge in [0.2, 0.25) is 0 Å². The predicted molar refractivity (Wildman–Crippen MR) is 145 cm³/mol. The van der Waals surface area contributed by atoms with Gasteiger partial charge in [0.25, 0.3) is 0 Å². The molecule has 0 aliphatic heterocycles. The summed E-state index contributed by atoms with van der Waals surface area (Å²) in [6, 6.07) is 42.4. The van der Waals surface area contributed by atoms with Crippen molar-refractivity contribution in [1.82, 2.24) is 9.55 Å². The molecule has 0 N–H and O–H groups in total. The SMILES string of the molecule is Brc1ccc2c(-c3ccccc3)c(-c3ccccc3)n(-c3cc(-c4ccccc4)ccn3)c2c1. The van der Waals surface area contributed by atoms with Gasteiger partial charge in [-0.3, -0.25) is 4.57 Å². The summed E-state index contributed by atoms with van der Waals surface area (Å²) in [4.78, 5) is 4.86. The number of hydrogen-bond acceptors (Lipinski definition) is 1.